The van der Waals surface area contributed by atoms with Gasteiger partial charge < -0.3 is 0 Å². The van der Waals surface area contributed by atoms with E-state index in [0.717, 1.165) is 0 Å². The standard InChI is InChI=1S/C9H16N/c1-8-5-6-10(7-8)9(2,3)4/h5-8H,1-4H3/q+1. The molecule has 1 aliphatic rings. The first kappa shape index (κ1) is 7.52. The molecule has 0 aliphatic carbocycles. The summed E-state index contributed by atoms with van der Waals surface area (Å²) in [5, 5.41) is 0. The molecule has 1 unspecified atom stereocenters. The van der Waals surface area contributed by atoms with Crippen LogP contribution in [0.25, 0.3) is 0 Å². The molecule has 0 bridgehead atoms. The zero-order valence-electron chi connectivity index (χ0n) is 7.26. The molecule has 1 heteroatoms. The van der Waals surface area contributed by atoms with Crippen LogP contribution in [0.4, 0.5) is 0 Å². The van der Waals surface area contributed by atoms with Crippen LogP contribution in [-0.2, 0) is 0 Å². The molecule has 0 radical (unpaired) electrons. The molecule has 1 aliphatic heterocycles. The zero-order chi connectivity index (χ0) is 7.78. The molecule has 1 nitrogen and oxygen atoms in total. The van der Waals surface area contributed by atoms with Gasteiger partial charge in [0.25, 0.3) is 0 Å². The summed E-state index contributed by atoms with van der Waals surface area (Å²) in [7, 11) is 0. The lowest BCUT2D eigenvalue weighted by Gasteiger charge is -2.11. The third-order valence-electron chi connectivity index (χ3n) is 1.72. The molecular formula is C9H16N+. The minimum absolute atomic E-state index is 0.251. The fourth-order valence-corrected chi connectivity index (χ4v) is 1.03. The third-order valence-corrected chi connectivity index (χ3v) is 1.72. The Morgan fingerprint density at radius 3 is 2.10 bits per heavy atom. The van der Waals surface area contributed by atoms with Gasteiger partial charge in [0.2, 0.25) is 0 Å². The minimum atomic E-state index is 0.251. The first-order valence-electron chi connectivity index (χ1n) is 3.82. The second-order valence-corrected chi connectivity index (χ2v) is 3.93. The van der Waals surface area contributed by atoms with Crippen LogP contribution in [0.3, 0.4) is 0 Å². The fraction of sp³-hybridized carbons (Fsp3) is 0.667. The Morgan fingerprint density at radius 2 is 1.90 bits per heavy atom. The molecular weight excluding hydrogens is 122 g/mol. The molecule has 0 amide bonds. The van der Waals surface area contributed by atoms with Gasteiger partial charge in [-0.25, -0.2) is 4.58 Å². The van der Waals surface area contributed by atoms with Gasteiger partial charge in [0.15, 0.2) is 18.0 Å². The second kappa shape index (κ2) is 2.22. The van der Waals surface area contributed by atoms with Crippen molar-refractivity contribution in [2.45, 2.75) is 33.2 Å². The maximum Gasteiger partial charge on any atom is 0.165 e. The van der Waals surface area contributed by atoms with Crippen molar-refractivity contribution in [1.82, 2.24) is 0 Å². The lowest BCUT2D eigenvalue weighted by molar-refractivity contribution is -0.528. The zero-order valence-corrected chi connectivity index (χ0v) is 7.26. The normalized spacial score (nSPS) is 25.2. The Bertz CT molecular complexity index is 181. The van der Waals surface area contributed by atoms with Crippen molar-refractivity contribution < 1.29 is 4.58 Å². The molecule has 0 fully saturated rings. The Balaban J connectivity index is 2.78. The monoisotopic (exact) mass is 138 g/mol. The van der Waals surface area contributed by atoms with Crippen LogP contribution in [0.5, 0.6) is 0 Å². The molecule has 10 heavy (non-hydrogen) atoms. The van der Waals surface area contributed by atoms with E-state index in [0.29, 0.717) is 5.92 Å². The number of allylic oxidation sites excluding steroid dienone is 1. The smallest absolute Gasteiger partial charge is 0.165 e. The summed E-state index contributed by atoms with van der Waals surface area (Å²) in [6, 6.07) is 0. The third kappa shape index (κ3) is 1.47. The fourth-order valence-electron chi connectivity index (χ4n) is 1.03. The van der Waals surface area contributed by atoms with Gasteiger partial charge in [-0.15, -0.1) is 0 Å². The van der Waals surface area contributed by atoms with E-state index < -0.39 is 0 Å². The number of hydrogen-bond acceptors (Lipinski definition) is 0. The molecule has 1 heterocycles. The van der Waals surface area contributed by atoms with Crippen molar-refractivity contribution in [3.05, 3.63) is 12.3 Å². The predicted octanol–water partition coefficient (Wildman–Crippen LogP) is 2.03. The van der Waals surface area contributed by atoms with E-state index in [1.807, 2.05) is 0 Å². The van der Waals surface area contributed by atoms with E-state index >= 15 is 0 Å². The lowest BCUT2D eigenvalue weighted by atomic mass is 10.1. The molecule has 0 saturated carbocycles. The van der Waals surface area contributed by atoms with Crippen molar-refractivity contribution in [3.63, 3.8) is 0 Å². The van der Waals surface area contributed by atoms with Gasteiger partial charge in [0, 0.05) is 20.8 Å². The van der Waals surface area contributed by atoms with Crippen LogP contribution in [0.15, 0.2) is 12.3 Å². The van der Waals surface area contributed by atoms with Crippen molar-refractivity contribution in [3.8, 4) is 0 Å². The Labute approximate surface area is 63.1 Å². The molecule has 0 N–H and O–H groups in total. The van der Waals surface area contributed by atoms with Gasteiger partial charge in [-0.2, -0.15) is 0 Å². The summed E-state index contributed by atoms with van der Waals surface area (Å²) in [5.74, 6) is 0.610. The van der Waals surface area contributed by atoms with Crippen molar-refractivity contribution in [1.29, 1.82) is 0 Å². The highest BCUT2D eigenvalue weighted by molar-refractivity contribution is 5.59. The van der Waals surface area contributed by atoms with Gasteiger partial charge in [0.1, 0.15) is 0 Å². The highest BCUT2D eigenvalue weighted by atomic mass is 15.1. The summed E-state index contributed by atoms with van der Waals surface area (Å²) >= 11 is 0. The molecule has 0 spiro atoms. The van der Waals surface area contributed by atoms with Gasteiger partial charge in [-0.05, 0) is 13.0 Å². The second-order valence-electron chi connectivity index (χ2n) is 3.93. The molecule has 0 aromatic carbocycles. The van der Waals surface area contributed by atoms with E-state index in [1.165, 1.54) is 0 Å². The minimum Gasteiger partial charge on any atom is -0.204 e. The largest absolute Gasteiger partial charge is 0.204 e. The SMILES string of the molecule is CC1C=C[N+](C(C)(C)C)=C1. The highest BCUT2D eigenvalue weighted by Crippen LogP contribution is 2.12. The average Bonchev–Trinajstić information content (AvgIpc) is 2.11. The van der Waals surface area contributed by atoms with Gasteiger partial charge in [-0.1, -0.05) is 0 Å². The van der Waals surface area contributed by atoms with Crippen LogP contribution in [0, 0.1) is 5.92 Å². The topological polar surface area (TPSA) is 3.01 Å². The quantitative estimate of drug-likeness (QED) is 0.451. The highest BCUT2D eigenvalue weighted by Gasteiger charge is 2.25. The molecule has 0 saturated heterocycles. The van der Waals surface area contributed by atoms with Crippen LogP contribution < -0.4 is 0 Å². The van der Waals surface area contributed by atoms with Gasteiger partial charge in [-0.3, -0.25) is 0 Å². The maximum absolute atomic E-state index is 2.26. The molecule has 1 atom stereocenters. The van der Waals surface area contributed by atoms with Gasteiger partial charge >= 0.3 is 0 Å². The van der Waals surface area contributed by atoms with E-state index in [9.17, 15) is 0 Å². The van der Waals surface area contributed by atoms with Crippen LogP contribution in [0.2, 0.25) is 0 Å². The summed E-state index contributed by atoms with van der Waals surface area (Å²) in [4.78, 5) is 0. The van der Waals surface area contributed by atoms with E-state index in [2.05, 4.69) is 50.8 Å². The van der Waals surface area contributed by atoms with Crippen LogP contribution in [0.1, 0.15) is 27.7 Å². The number of hydrogen-bond donors (Lipinski definition) is 0. The summed E-state index contributed by atoms with van der Waals surface area (Å²) in [5.41, 5.74) is 0.251. The summed E-state index contributed by atoms with van der Waals surface area (Å²) in [6.45, 7) is 8.84. The Kier molecular flexibility index (Phi) is 1.67. The van der Waals surface area contributed by atoms with E-state index in [4.69, 9.17) is 0 Å². The number of nitrogens with zero attached hydrogens (tertiary/aromatic N) is 1. The molecule has 56 valence electrons. The van der Waals surface area contributed by atoms with E-state index in [1.54, 1.807) is 0 Å². The van der Waals surface area contributed by atoms with E-state index in [-0.39, 0.29) is 5.54 Å². The van der Waals surface area contributed by atoms with Crippen molar-refractivity contribution in [2.75, 3.05) is 0 Å². The van der Waals surface area contributed by atoms with Crippen LogP contribution >= 0.6 is 0 Å². The lowest BCUT2D eigenvalue weighted by Crippen LogP contribution is -2.28. The number of rotatable bonds is 0. The van der Waals surface area contributed by atoms with Gasteiger partial charge in [0.05, 0.1) is 5.92 Å². The molecule has 0 aromatic rings. The molecule has 1 rings (SSSR count). The average molecular weight is 138 g/mol. The van der Waals surface area contributed by atoms with Crippen LogP contribution in [-0.4, -0.2) is 16.3 Å². The predicted molar refractivity (Wildman–Crippen MR) is 44.4 cm³/mol. The summed E-state index contributed by atoms with van der Waals surface area (Å²) in [6.07, 6.45) is 6.62. The first-order valence-corrected chi connectivity index (χ1v) is 3.82. The Hall–Kier alpha value is -0.590. The molecule has 0 aromatic heterocycles. The Morgan fingerprint density at radius 1 is 1.30 bits per heavy atom. The first-order chi connectivity index (χ1) is 4.50. The van der Waals surface area contributed by atoms with Crippen molar-refractivity contribution in [2.24, 2.45) is 5.92 Å². The summed E-state index contributed by atoms with van der Waals surface area (Å²) < 4.78 is 2.26. The maximum atomic E-state index is 2.26. The van der Waals surface area contributed by atoms with Crippen molar-refractivity contribution >= 4 is 6.21 Å².